The average Bonchev–Trinajstić information content (AvgIpc) is 2.90. The van der Waals surface area contributed by atoms with E-state index in [1.807, 2.05) is 13.8 Å². The average molecular weight is 260 g/mol. The molecule has 0 saturated carbocycles. The zero-order valence-corrected chi connectivity index (χ0v) is 12.8. The highest BCUT2D eigenvalue weighted by Gasteiger charge is 2.44. The highest BCUT2D eigenvalue weighted by molar-refractivity contribution is 7.81. The van der Waals surface area contributed by atoms with Gasteiger partial charge in [-0.15, -0.1) is 0 Å². The largest absolute Gasteiger partial charge is 0.300 e. The summed E-state index contributed by atoms with van der Waals surface area (Å²) in [5.41, 5.74) is 0.454. The summed E-state index contributed by atoms with van der Waals surface area (Å²) in [4.78, 5) is 2.56. The Morgan fingerprint density at radius 1 is 1.12 bits per heavy atom. The highest BCUT2D eigenvalue weighted by Crippen LogP contribution is 2.40. The van der Waals surface area contributed by atoms with Crippen LogP contribution in [0.25, 0.3) is 0 Å². The fourth-order valence-corrected chi connectivity index (χ4v) is 3.66. The smallest absolute Gasteiger partial charge is 0.0910 e. The minimum absolute atomic E-state index is 0.454. The molecule has 0 aliphatic carbocycles. The first-order valence-electron chi connectivity index (χ1n) is 6.85. The van der Waals surface area contributed by atoms with Crippen LogP contribution in [-0.4, -0.2) is 51.9 Å². The first-order valence-corrected chi connectivity index (χ1v) is 8.36. The Bertz CT molecular complexity index is 270. The third-order valence-corrected chi connectivity index (χ3v) is 5.00. The highest BCUT2D eigenvalue weighted by atomic mass is 32.2. The van der Waals surface area contributed by atoms with E-state index in [1.54, 1.807) is 6.26 Å². The molecule has 0 aromatic rings. The van der Waals surface area contributed by atoms with E-state index in [-0.39, 0.29) is 0 Å². The molecule has 0 aromatic heterocycles. The lowest BCUT2D eigenvalue weighted by atomic mass is 9.86. The van der Waals surface area contributed by atoms with Crippen LogP contribution >= 0.6 is 0 Å². The molecule has 2 unspecified atom stereocenters. The molecule has 2 aliphatic rings. The number of rotatable bonds is 2. The van der Waals surface area contributed by atoms with E-state index in [0.717, 1.165) is 13.1 Å². The monoisotopic (exact) mass is 260 g/mol. The van der Waals surface area contributed by atoms with Crippen molar-refractivity contribution in [2.75, 3.05) is 32.4 Å². The van der Waals surface area contributed by atoms with Gasteiger partial charge in [0.1, 0.15) is 0 Å². The van der Waals surface area contributed by atoms with Gasteiger partial charge in [0.25, 0.3) is 0 Å². The lowest BCUT2D eigenvalue weighted by molar-refractivity contribution is 0.229. The fraction of sp³-hybridized carbons (Fsp3) is 1.00. The van der Waals surface area contributed by atoms with Crippen LogP contribution in [0.3, 0.4) is 0 Å². The van der Waals surface area contributed by atoms with Crippen molar-refractivity contribution in [1.82, 2.24) is 9.21 Å². The van der Waals surface area contributed by atoms with Crippen LogP contribution in [0.15, 0.2) is 0 Å². The predicted molar refractivity (Wildman–Crippen MR) is 75.4 cm³/mol. The quantitative estimate of drug-likeness (QED) is 0.759. The summed E-state index contributed by atoms with van der Waals surface area (Å²) in [5, 5.41) is 0. The van der Waals surface area contributed by atoms with Crippen molar-refractivity contribution in [3.05, 3.63) is 0 Å². The van der Waals surface area contributed by atoms with Crippen molar-refractivity contribution in [2.24, 2.45) is 5.41 Å². The molecule has 2 saturated heterocycles. The third kappa shape index (κ3) is 3.52. The van der Waals surface area contributed by atoms with Gasteiger partial charge in [-0.3, -0.25) is 0 Å². The minimum Gasteiger partial charge on any atom is -0.300 e. The van der Waals surface area contributed by atoms with Gasteiger partial charge in [0, 0.05) is 31.9 Å². The van der Waals surface area contributed by atoms with E-state index in [4.69, 9.17) is 0 Å². The van der Waals surface area contributed by atoms with E-state index < -0.39 is 11.0 Å². The molecule has 4 heteroatoms. The van der Waals surface area contributed by atoms with Gasteiger partial charge in [-0.1, -0.05) is 13.8 Å². The molecule has 0 N–H and O–H groups in total. The number of likely N-dealkylation sites (tertiary alicyclic amines) is 1. The first-order chi connectivity index (χ1) is 8.02. The first kappa shape index (κ1) is 15.1. The molecule has 2 atom stereocenters. The van der Waals surface area contributed by atoms with Crippen molar-refractivity contribution in [3.8, 4) is 0 Å². The van der Waals surface area contributed by atoms with E-state index in [1.165, 1.54) is 25.9 Å². The van der Waals surface area contributed by atoms with Crippen molar-refractivity contribution < 1.29 is 4.21 Å². The van der Waals surface area contributed by atoms with Crippen LogP contribution in [-0.2, 0) is 11.0 Å². The summed E-state index contributed by atoms with van der Waals surface area (Å²) in [6.07, 6.45) is 4.32. The molecule has 102 valence electrons. The number of hydrogen-bond donors (Lipinski definition) is 0. The van der Waals surface area contributed by atoms with Crippen molar-refractivity contribution >= 4 is 11.0 Å². The Hall–Kier alpha value is 0.0700. The molecule has 2 heterocycles. The standard InChI is InChI=1S/C11H22N2OS.C2H6/c1-10(2)12-6-4-11(8-12)5-7-13(9-11)15(3)14;1-2/h10H,4-9H2,1-3H3;1-2H3. The molecule has 1 spiro atoms. The molecule has 2 fully saturated rings. The fourth-order valence-electron chi connectivity index (χ4n) is 2.86. The molecule has 17 heavy (non-hydrogen) atoms. The summed E-state index contributed by atoms with van der Waals surface area (Å²) >= 11 is 0. The molecular weight excluding hydrogens is 232 g/mol. The van der Waals surface area contributed by atoms with Gasteiger partial charge in [0.05, 0.1) is 11.0 Å². The maximum atomic E-state index is 11.4. The van der Waals surface area contributed by atoms with Crippen LogP contribution in [0.4, 0.5) is 0 Å². The second-order valence-electron chi connectivity index (χ2n) is 5.35. The van der Waals surface area contributed by atoms with Crippen LogP contribution in [0.2, 0.25) is 0 Å². The van der Waals surface area contributed by atoms with Crippen LogP contribution in [0, 0.1) is 5.41 Å². The molecule has 3 nitrogen and oxygen atoms in total. The van der Waals surface area contributed by atoms with Gasteiger partial charge < -0.3 is 4.90 Å². The van der Waals surface area contributed by atoms with Gasteiger partial charge in [0.2, 0.25) is 0 Å². The van der Waals surface area contributed by atoms with Crippen molar-refractivity contribution in [1.29, 1.82) is 0 Å². The molecule has 2 rings (SSSR count). The summed E-state index contributed by atoms with van der Waals surface area (Å²) < 4.78 is 13.6. The Morgan fingerprint density at radius 2 is 1.71 bits per heavy atom. The second kappa shape index (κ2) is 6.30. The Labute approximate surface area is 109 Å². The lowest BCUT2D eigenvalue weighted by Gasteiger charge is -2.26. The molecule has 0 amide bonds. The summed E-state index contributed by atoms with van der Waals surface area (Å²) in [6.45, 7) is 13.0. The third-order valence-electron chi connectivity index (χ3n) is 3.97. The zero-order chi connectivity index (χ0) is 13.1. The van der Waals surface area contributed by atoms with E-state index in [9.17, 15) is 4.21 Å². The van der Waals surface area contributed by atoms with Gasteiger partial charge in [0.15, 0.2) is 0 Å². The van der Waals surface area contributed by atoms with E-state index in [0.29, 0.717) is 11.5 Å². The number of hydrogen-bond acceptors (Lipinski definition) is 2. The van der Waals surface area contributed by atoms with E-state index >= 15 is 0 Å². The zero-order valence-electron chi connectivity index (χ0n) is 12.0. The summed E-state index contributed by atoms with van der Waals surface area (Å²) in [7, 11) is -0.770. The molecule has 0 radical (unpaired) electrons. The molecule has 2 aliphatic heterocycles. The normalized spacial score (nSPS) is 31.9. The van der Waals surface area contributed by atoms with Crippen molar-refractivity contribution in [3.63, 3.8) is 0 Å². The van der Waals surface area contributed by atoms with Crippen LogP contribution < -0.4 is 0 Å². The SMILES string of the molecule is CC.CC(C)N1CCC2(CCN(S(C)=O)C2)C1. The maximum absolute atomic E-state index is 11.4. The Kier molecular flexibility index (Phi) is 5.61. The summed E-state index contributed by atoms with van der Waals surface area (Å²) in [5.74, 6) is 0. The van der Waals surface area contributed by atoms with Gasteiger partial charge >= 0.3 is 0 Å². The number of nitrogens with zero attached hydrogens (tertiary/aromatic N) is 2. The van der Waals surface area contributed by atoms with Crippen LogP contribution in [0.1, 0.15) is 40.5 Å². The second-order valence-corrected chi connectivity index (χ2v) is 6.72. The van der Waals surface area contributed by atoms with E-state index in [2.05, 4.69) is 23.1 Å². The van der Waals surface area contributed by atoms with Gasteiger partial charge in [-0.25, -0.2) is 8.51 Å². The predicted octanol–water partition coefficient (Wildman–Crippen LogP) is 2.11. The Balaban J connectivity index is 0.000000686. The molecule has 0 aromatic carbocycles. The molecule has 0 bridgehead atoms. The van der Waals surface area contributed by atoms with Crippen LogP contribution in [0.5, 0.6) is 0 Å². The van der Waals surface area contributed by atoms with Crippen molar-refractivity contribution in [2.45, 2.75) is 46.6 Å². The Morgan fingerprint density at radius 3 is 2.12 bits per heavy atom. The minimum atomic E-state index is -0.770. The van der Waals surface area contributed by atoms with Gasteiger partial charge in [-0.2, -0.15) is 0 Å². The van der Waals surface area contributed by atoms with Gasteiger partial charge in [-0.05, 0) is 38.6 Å². The topological polar surface area (TPSA) is 23.6 Å². The molecular formula is C13H28N2OS. The maximum Gasteiger partial charge on any atom is 0.0910 e. The lowest BCUT2D eigenvalue weighted by Crippen LogP contribution is -2.34. The summed E-state index contributed by atoms with van der Waals surface area (Å²) in [6, 6.07) is 0.658.